The Morgan fingerprint density at radius 2 is 1.76 bits per heavy atom. The number of nitrogen functional groups attached to an aromatic ring is 1. The van der Waals surface area contributed by atoms with Crippen molar-refractivity contribution in [3.05, 3.63) is 28.6 Å². The fourth-order valence-electron chi connectivity index (χ4n) is 1.30. The topological polar surface area (TPSA) is 61.5 Å². The van der Waals surface area contributed by atoms with Gasteiger partial charge in [0.15, 0.2) is 17.5 Å². The molecule has 0 spiro atoms. The van der Waals surface area contributed by atoms with Crippen molar-refractivity contribution in [2.45, 2.75) is 6.61 Å². The van der Waals surface area contributed by atoms with E-state index in [1.165, 1.54) is 7.11 Å². The molecule has 17 heavy (non-hydrogen) atoms. The third kappa shape index (κ3) is 2.19. The zero-order valence-electron chi connectivity index (χ0n) is 9.14. The molecule has 0 unspecified atom stereocenters. The van der Waals surface area contributed by atoms with Crippen LogP contribution in [0.5, 0.6) is 0 Å². The molecule has 0 fully saturated rings. The number of hydrogen-bond acceptors (Lipinski definition) is 4. The molecule has 0 aliphatic carbocycles. The largest absolute Gasteiger partial charge is 0.465 e. The van der Waals surface area contributed by atoms with Crippen molar-refractivity contribution < 1.29 is 27.4 Å². The second-order valence-corrected chi connectivity index (χ2v) is 3.13. The van der Waals surface area contributed by atoms with Gasteiger partial charge in [-0.25, -0.2) is 18.0 Å². The van der Waals surface area contributed by atoms with E-state index in [0.717, 1.165) is 7.11 Å². The second-order valence-electron chi connectivity index (χ2n) is 3.13. The molecule has 94 valence electrons. The zero-order chi connectivity index (χ0) is 13.2. The van der Waals surface area contributed by atoms with Crippen molar-refractivity contribution in [2.24, 2.45) is 0 Å². The molecule has 0 radical (unpaired) electrons. The van der Waals surface area contributed by atoms with Crippen LogP contribution in [0.2, 0.25) is 0 Å². The Hall–Kier alpha value is -1.76. The number of rotatable bonds is 3. The number of benzene rings is 1. The molecule has 0 aliphatic heterocycles. The van der Waals surface area contributed by atoms with E-state index in [1.54, 1.807) is 0 Å². The molecule has 0 heterocycles. The van der Waals surface area contributed by atoms with Crippen LogP contribution in [0.4, 0.5) is 18.9 Å². The lowest BCUT2D eigenvalue weighted by molar-refractivity contribution is 0.0594. The monoisotopic (exact) mass is 249 g/mol. The highest BCUT2D eigenvalue weighted by Crippen LogP contribution is 2.28. The standard InChI is InChI=1S/C10H10F3NO3/c1-16-3-4-6(11)8(13)5(10(15)17-2)9(14)7(4)12/h3,14H2,1-2H3. The summed E-state index contributed by atoms with van der Waals surface area (Å²) in [7, 11) is 2.13. The van der Waals surface area contributed by atoms with Crippen LogP contribution in [0.15, 0.2) is 0 Å². The van der Waals surface area contributed by atoms with Crippen LogP contribution in [0, 0.1) is 17.5 Å². The lowest BCUT2D eigenvalue weighted by atomic mass is 10.1. The summed E-state index contributed by atoms with van der Waals surface area (Å²) in [5, 5.41) is 0. The lowest BCUT2D eigenvalue weighted by Crippen LogP contribution is -2.15. The van der Waals surface area contributed by atoms with Crippen molar-refractivity contribution in [3.8, 4) is 0 Å². The summed E-state index contributed by atoms with van der Waals surface area (Å²) in [4.78, 5) is 11.1. The molecule has 7 heteroatoms. The van der Waals surface area contributed by atoms with Crippen molar-refractivity contribution in [1.82, 2.24) is 0 Å². The number of esters is 1. The van der Waals surface area contributed by atoms with Gasteiger partial charge in [-0.3, -0.25) is 0 Å². The van der Waals surface area contributed by atoms with Crippen molar-refractivity contribution in [3.63, 3.8) is 0 Å². The van der Waals surface area contributed by atoms with E-state index in [0.29, 0.717) is 0 Å². The van der Waals surface area contributed by atoms with E-state index >= 15 is 0 Å². The van der Waals surface area contributed by atoms with E-state index in [2.05, 4.69) is 9.47 Å². The first-order valence-electron chi connectivity index (χ1n) is 4.47. The predicted octanol–water partition coefficient (Wildman–Crippen LogP) is 1.62. The van der Waals surface area contributed by atoms with E-state index < -0.39 is 46.8 Å². The Morgan fingerprint density at radius 1 is 1.18 bits per heavy atom. The van der Waals surface area contributed by atoms with Gasteiger partial charge in [-0.15, -0.1) is 0 Å². The molecule has 0 saturated carbocycles. The maximum absolute atomic E-state index is 13.6. The van der Waals surface area contributed by atoms with Gasteiger partial charge >= 0.3 is 5.97 Å². The number of carbonyl (C=O) groups is 1. The molecule has 2 N–H and O–H groups in total. The van der Waals surface area contributed by atoms with Crippen LogP contribution in [-0.2, 0) is 16.1 Å². The summed E-state index contributed by atoms with van der Waals surface area (Å²) >= 11 is 0. The van der Waals surface area contributed by atoms with Crippen LogP contribution in [0.25, 0.3) is 0 Å². The van der Waals surface area contributed by atoms with E-state index in [9.17, 15) is 18.0 Å². The number of carbonyl (C=O) groups excluding carboxylic acids is 1. The van der Waals surface area contributed by atoms with Crippen LogP contribution >= 0.6 is 0 Å². The van der Waals surface area contributed by atoms with Crippen molar-refractivity contribution in [2.75, 3.05) is 20.0 Å². The van der Waals surface area contributed by atoms with Crippen LogP contribution in [0.1, 0.15) is 15.9 Å². The summed E-state index contributed by atoms with van der Waals surface area (Å²) in [6.45, 7) is -0.500. The fraction of sp³-hybridized carbons (Fsp3) is 0.300. The first-order chi connectivity index (χ1) is 7.95. The highest BCUT2D eigenvalue weighted by atomic mass is 19.2. The molecule has 0 bridgehead atoms. The molecule has 4 nitrogen and oxygen atoms in total. The van der Waals surface area contributed by atoms with Gasteiger partial charge in [0.05, 0.1) is 25.0 Å². The highest BCUT2D eigenvalue weighted by molar-refractivity contribution is 5.95. The number of hydrogen-bond donors (Lipinski definition) is 1. The van der Waals surface area contributed by atoms with Crippen molar-refractivity contribution in [1.29, 1.82) is 0 Å². The molecule has 0 saturated heterocycles. The summed E-state index contributed by atoms with van der Waals surface area (Å²) in [5.41, 5.74) is 2.79. The summed E-state index contributed by atoms with van der Waals surface area (Å²) < 4.78 is 49.2. The second kappa shape index (κ2) is 5.05. The minimum atomic E-state index is -1.55. The number of anilines is 1. The van der Waals surface area contributed by atoms with Crippen LogP contribution < -0.4 is 5.73 Å². The molecular weight excluding hydrogens is 239 g/mol. The first-order valence-corrected chi connectivity index (χ1v) is 4.47. The Bertz CT molecular complexity index is 434. The van der Waals surface area contributed by atoms with Gasteiger partial charge in [-0.05, 0) is 0 Å². The average Bonchev–Trinajstić information content (AvgIpc) is 2.32. The van der Waals surface area contributed by atoms with Gasteiger partial charge in [-0.1, -0.05) is 0 Å². The van der Waals surface area contributed by atoms with E-state index in [1.807, 2.05) is 0 Å². The number of nitrogens with two attached hydrogens (primary N) is 1. The molecule has 1 aromatic rings. The molecule has 0 amide bonds. The van der Waals surface area contributed by atoms with Gasteiger partial charge in [-0.2, -0.15) is 0 Å². The molecule has 0 aliphatic rings. The van der Waals surface area contributed by atoms with E-state index in [-0.39, 0.29) is 0 Å². The third-order valence-electron chi connectivity index (χ3n) is 2.13. The van der Waals surface area contributed by atoms with Crippen molar-refractivity contribution >= 4 is 11.7 Å². The summed E-state index contributed by atoms with van der Waals surface area (Å²) in [6.07, 6.45) is 0. The quantitative estimate of drug-likeness (QED) is 0.502. The zero-order valence-corrected chi connectivity index (χ0v) is 9.14. The van der Waals surface area contributed by atoms with Gasteiger partial charge in [0.25, 0.3) is 0 Å². The SMILES string of the molecule is COCc1c(F)c(N)c(C(=O)OC)c(F)c1F. The predicted molar refractivity (Wildman–Crippen MR) is 52.8 cm³/mol. The van der Waals surface area contributed by atoms with Gasteiger partial charge in [0.2, 0.25) is 0 Å². The molecule has 1 rings (SSSR count). The number of methoxy groups -OCH3 is 2. The Balaban J connectivity index is 3.52. The number of ether oxygens (including phenoxy) is 2. The molecule has 0 aromatic heterocycles. The summed E-state index contributed by atoms with van der Waals surface area (Å²) in [5.74, 6) is -5.55. The average molecular weight is 249 g/mol. The lowest BCUT2D eigenvalue weighted by Gasteiger charge is -2.11. The van der Waals surface area contributed by atoms with Crippen LogP contribution in [0.3, 0.4) is 0 Å². The third-order valence-corrected chi connectivity index (χ3v) is 2.13. The minimum absolute atomic E-state index is 0.500. The maximum Gasteiger partial charge on any atom is 0.343 e. The normalized spacial score (nSPS) is 10.4. The molecule has 0 atom stereocenters. The highest BCUT2D eigenvalue weighted by Gasteiger charge is 2.27. The van der Waals surface area contributed by atoms with Gasteiger partial charge in [0.1, 0.15) is 5.56 Å². The minimum Gasteiger partial charge on any atom is -0.465 e. The fourth-order valence-corrected chi connectivity index (χ4v) is 1.30. The first kappa shape index (κ1) is 13.3. The van der Waals surface area contributed by atoms with Gasteiger partial charge < -0.3 is 15.2 Å². The Morgan fingerprint density at radius 3 is 2.24 bits per heavy atom. The number of halogens is 3. The Labute approximate surface area is 95.1 Å². The maximum atomic E-state index is 13.6. The summed E-state index contributed by atoms with van der Waals surface area (Å²) in [6, 6.07) is 0. The van der Waals surface area contributed by atoms with E-state index in [4.69, 9.17) is 5.73 Å². The smallest absolute Gasteiger partial charge is 0.343 e. The molecular formula is C10H10F3NO3. The van der Waals surface area contributed by atoms with Crippen LogP contribution in [-0.4, -0.2) is 20.2 Å². The molecule has 1 aromatic carbocycles. The Kier molecular flexibility index (Phi) is 3.95. The van der Waals surface area contributed by atoms with Gasteiger partial charge in [0, 0.05) is 7.11 Å².